The van der Waals surface area contributed by atoms with E-state index in [1.807, 2.05) is 99.6 Å². The monoisotopic (exact) mass is 521 g/mol. The summed E-state index contributed by atoms with van der Waals surface area (Å²) < 4.78 is 17.0. The zero-order valence-corrected chi connectivity index (χ0v) is 22.7. The maximum absolute atomic E-state index is 13.1. The van der Waals surface area contributed by atoms with E-state index in [0.717, 1.165) is 22.3 Å². The van der Waals surface area contributed by atoms with E-state index in [0.29, 0.717) is 12.4 Å². The zero-order valence-electron chi connectivity index (χ0n) is 22.7. The highest BCUT2D eigenvalue weighted by Crippen LogP contribution is 2.24. The summed E-state index contributed by atoms with van der Waals surface area (Å²) in [6.07, 6.45) is -0.489. The van der Waals surface area contributed by atoms with Gasteiger partial charge < -0.3 is 19.5 Å². The molecule has 3 aromatic carbocycles. The summed E-state index contributed by atoms with van der Waals surface area (Å²) in [4.78, 5) is 25.6. The number of alkyl carbamates (subject to hydrolysis) is 1. The molecular formula is C32H43NO5. The van der Waals surface area contributed by atoms with Crippen molar-refractivity contribution in [2.24, 2.45) is 0 Å². The SMILES string of the molecule is C.CC.Cc1ccc(OCc2ccccc2)c(CC(NC(=O)OC(C)(C)C)C(=O)OCc2ccccc2)c1. The number of aryl methyl sites for hydroxylation is 1. The number of benzene rings is 3. The lowest BCUT2D eigenvalue weighted by atomic mass is 10.0. The van der Waals surface area contributed by atoms with Gasteiger partial charge in [0.1, 0.15) is 30.6 Å². The Balaban J connectivity index is 0.00000235. The number of carbonyl (C=O) groups excluding carboxylic acids is 2. The lowest BCUT2D eigenvalue weighted by Crippen LogP contribution is -2.45. The fourth-order valence-electron chi connectivity index (χ4n) is 3.44. The van der Waals surface area contributed by atoms with Gasteiger partial charge in [-0.3, -0.25) is 0 Å². The third-order valence-electron chi connectivity index (χ3n) is 5.08. The molecule has 1 N–H and O–H groups in total. The number of amides is 1. The molecule has 0 aliphatic rings. The highest BCUT2D eigenvalue weighted by Gasteiger charge is 2.27. The summed E-state index contributed by atoms with van der Waals surface area (Å²) in [6, 6.07) is 24.1. The third-order valence-corrected chi connectivity index (χ3v) is 5.08. The van der Waals surface area contributed by atoms with E-state index in [1.54, 1.807) is 20.8 Å². The lowest BCUT2D eigenvalue weighted by Gasteiger charge is -2.23. The van der Waals surface area contributed by atoms with Gasteiger partial charge in [-0.15, -0.1) is 0 Å². The molecule has 6 nitrogen and oxygen atoms in total. The van der Waals surface area contributed by atoms with E-state index in [-0.39, 0.29) is 20.5 Å². The van der Waals surface area contributed by atoms with Crippen LogP contribution in [-0.4, -0.2) is 23.7 Å². The van der Waals surface area contributed by atoms with Crippen molar-refractivity contribution in [3.63, 3.8) is 0 Å². The first-order valence-electron chi connectivity index (χ1n) is 12.7. The maximum Gasteiger partial charge on any atom is 0.408 e. The van der Waals surface area contributed by atoms with Crippen molar-refractivity contribution < 1.29 is 23.8 Å². The quantitative estimate of drug-likeness (QED) is 0.297. The van der Waals surface area contributed by atoms with Gasteiger partial charge in [-0.2, -0.15) is 0 Å². The highest BCUT2D eigenvalue weighted by molar-refractivity contribution is 5.82. The second-order valence-electron chi connectivity index (χ2n) is 9.38. The largest absolute Gasteiger partial charge is 0.489 e. The normalized spacial score (nSPS) is 11.1. The predicted octanol–water partition coefficient (Wildman–Crippen LogP) is 7.42. The first-order chi connectivity index (χ1) is 17.7. The number of rotatable bonds is 9. The van der Waals surface area contributed by atoms with Gasteiger partial charge in [0.2, 0.25) is 0 Å². The molecule has 0 saturated carbocycles. The number of nitrogens with one attached hydrogen (secondary N) is 1. The Hall–Kier alpha value is -3.80. The van der Waals surface area contributed by atoms with Gasteiger partial charge >= 0.3 is 12.1 Å². The molecular weight excluding hydrogens is 478 g/mol. The topological polar surface area (TPSA) is 73.9 Å². The smallest absolute Gasteiger partial charge is 0.408 e. The molecule has 0 aromatic heterocycles. The number of carbonyl (C=O) groups is 2. The van der Waals surface area contributed by atoms with Gasteiger partial charge in [-0.1, -0.05) is 99.6 Å². The van der Waals surface area contributed by atoms with Crippen LogP contribution in [0.25, 0.3) is 0 Å². The standard InChI is InChI=1S/C29H33NO5.C2H6.CH4/c1-21-15-16-26(33-19-22-11-7-5-8-12-22)24(17-21)18-25(30-28(32)35-29(2,3)4)27(31)34-20-23-13-9-6-10-14-23;1-2;/h5-17,25H,18-20H2,1-4H3,(H,30,32);1-2H3;1H4. The summed E-state index contributed by atoms with van der Waals surface area (Å²) in [7, 11) is 0. The van der Waals surface area contributed by atoms with Crippen LogP contribution in [0.1, 0.15) is 64.3 Å². The molecule has 0 radical (unpaired) electrons. The number of hydrogen-bond acceptors (Lipinski definition) is 5. The summed E-state index contributed by atoms with van der Waals surface area (Å²) in [5.41, 5.74) is 3.00. The molecule has 0 saturated heterocycles. The fraction of sp³-hybridized carbons (Fsp3) is 0.375. The lowest BCUT2D eigenvalue weighted by molar-refractivity contribution is -0.147. The first kappa shape index (κ1) is 32.2. The predicted molar refractivity (Wildman–Crippen MR) is 153 cm³/mol. The second kappa shape index (κ2) is 16.1. The summed E-state index contributed by atoms with van der Waals surface area (Å²) >= 11 is 0. The minimum atomic E-state index is -0.950. The van der Waals surface area contributed by atoms with Gasteiger partial charge in [0.05, 0.1) is 0 Å². The number of hydrogen-bond donors (Lipinski definition) is 1. The van der Waals surface area contributed by atoms with E-state index in [4.69, 9.17) is 14.2 Å². The second-order valence-corrected chi connectivity index (χ2v) is 9.38. The van der Waals surface area contributed by atoms with Crippen LogP contribution in [-0.2, 0) is 33.9 Å². The van der Waals surface area contributed by atoms with Crippen molar-refractivity contribution in [3.8, 4) is 5.75 Å². The van der Waals surface area contributed by atoms with Crippen LogP contribution in [0.4, 0.5) is 4.79 Å². The van der Waals surface area contributed by atoms with Crippen molar-refractivity contribution in [1.82, 2.24) is 5.32 Å². The summed E-state index contributed by atoms with van der Waals surface area (Å²) in [6.45, 7) is 11.8. The molecule has 1 atom stereocenters. The van der Waals surface area contributed by atoms with E-state index >= 15 is 0 Å². The Morgan fingerprint density at radius 2 is 1.39 bits per heavy atom. The van der Waals surface area contributed by atoms with Crippen LogP contribution < -0.4 is 10.1 Å². The molecule has 0 aliphatic carbocycles. The molecule has 0 heterocycles. The molecule has 206 valence electrons. The van der Waals surface area contributed by atoms with Gasteiger partial charge in [0.15, 0.2) is 0 Å². The third kappa shape index (κ3) is 11.5. The first-order valence-corrected chi connectivity index (χ1v) is 12.7. The molecule has 0 fully saturated rings. The Morgan fingerprint density at radius 1 is 0.842 bits per heavy atom. The molecule has 6 heteroatoms. The molecule has 1 amide bonds. The minimum Gasteiger partial charge on any atom is -0.489 e. The summed E-state index contributed by atoms with van der Waals surface area (Å²) in [5, 5.41) is 2.69. The van der Waals surface area contributed by atoms with E-state index in [9.17, 15) is 9.59 Å². The van der Waals surface area contributed by atoms with Crippen LogP contribution >= 0.6 is 0 Å². The van der Waals surface area contributed by atoms with Crippen LogP contribution in [0.5, 0.6) is 5.75 Å². The highest BCUT2D eigenvalue weighted by atomic mass is 16.6. The molecule has 0 bridgehead atoms. The maximum atomic E-state index is 13.1. The molecule has 38 heavy (non-hydrogen) atoms. The van der Waals surface area contributed by atoms with Gasteiger partial charge in [0.25, 0.3) is 0 Å². The molecule has 3 aromatic rings. The number of esters is 1. The van der Waals surface area contributed by atoms with Crippen LogP contribution in [0, 0.1) is 6.92 Å². The van der Waals surface area contributed by atoms with Crippen molar-refractivity contribution in [3.05, 3.63) is 101 Å². The van der Waals surface area contributed by atoms with Crippen LogP contribution in [0.2, 0.25) is 0 Å². The average Bonchev–Trinajstić information content (AvgIpc) is 2.88. The van der Waals surface area contributed by atoms with E-state index in [2.05, 4.69) is 5.32 Å². The zero-order chi connectivity index (χ0) is 27.3. The van der Waals surface area contributed by atoms with Crippen LogP contribution in [0.3, 0.4) is 0 Å². The number of ether oxygens (including phenoxy) is 3. The van der Waals surface area contributed by atoms with Crippen LogP contribution in [0.15, 0.2) is 78.9 Å². The molecule has 0 aliphatic heterocycles. The Morgan fingerprint density at radius 3 is 1.95 bits per heavy atom. The molecule has 0 spiro atoms. The summed E-state index contributed by atoms with van der Waals surface area (Å²) in [5.74, 6) is 0.0986. The van der Waals surface area contributed by atoms with Crippen molar-refractivity contribution in [1.29, 1.82) is 0 Å². The van der Waals surface area contributed by atoms with E-state index in [1.165, 1.54) is 0 Å². The van der Waals surface area contributed by atoms with Crippen molar-refractivity contribution in [2.75, 3.05) is 0 Å². The Bertz CT molecular complexity index is 1110. The Kier molecular flexibility index (Phi) is 13.7. The average molecular weight is 522 g/mol. The minimum absolute atomic E-state index is 0. The fourth-order valence-corrected chi connectivity index (χ4v) is 3.44. The molecule has 1 unspecified atom stereocenters. The Labute approximate surface area is 228 Å². The van der Waals surface area contributed by atoms with Gasteiger partial charge in [-0.25, -0.2) is 9.59 Å². The molecule has 3 rings (SSSR count). The van der Waals surface area contributed by atoms with Gasteiger partial charge in [0, 0.05) is 6.42 Å². The van der Waals surface area contributed by atoms with Crippen molar-refractivity contribution in [2.45, 2.75) is 80.2 Å². The van der Waals surface area contributed by atoms with E-state index < -0.39 is 23.7 Å². The van der Waals surface area contributed by atoms with Gasteiger partial charge in [-0.05, 0) is 50.5 Å². The van der Waals surface area contributed by atoms with Crippen molar-refractivity contribution >= 4 is 12.1 Å².